The molecular formula is C16H25ClN3OS+. The van der Waals surface area contributed by atoms with Crippen molar-refractivity contribution in [3.8, 4) is 0 Å². The second kappa shape index (κ2) is 8.67. The van der Waals surface area contributed by atoms with Gasteiger partial charge in [0, 0.05) is 23.2 Å². The molecule has 2 atom stereocenters. The van der Waals surface area contributed by atoms with Crippen molar-refractivity contribution < 1.29 is 9.64 Å². The highest BCUT2D eigenvalue weighted by Gasteiger charge is 2.24. The monoisotopic (exact) mass is 342 g/mol. The number of halogens is 1. The Morgan fingerprint density at radius 2 is 2.14 bits per heavy atom. The van der Waals surface area contributed by atoms with Gasteiger partial charge in [-0.15, -0.1) is 0 Å². The van der Waals surface area contributed by atoms with Crippen LogP contribution in [0, 0.1) is 5.92 Å². The van der Waals surface area contributed by atoms with E-state index in [0.29, 0.717) is 16.1 Å². The van der Waals surface area contributed by atoms with Gasteiger partial charge in [-0.3, -0.25) is 0 Å². The quantitative estimate of drug-likeness (QED) is 0.710. The number of nitrogens with one attached hydrogen (secondary N) is 3. The minimum atomic E-state index is 0.215. The molecule has 1 aliphatic rings. The molecule has 0 bridgehead atoms. The van der Waals surface area contributed by atoms with Gasteiger partial charge < -0.3 is 20.3 Å². The van der Waals surface area contributed by atoms with E-state index in [1.54, 1.807) is 4.90 Å². The summed E-state index contributed by atoms with van der Waals surface area (Å²) in [6.07, 6.45) is 0.215. The molecule has 1 aliphatic heterocycles. The van der Waals surface area contributed by atoms with Crippen molar-refractivity contribution in [3.63, 3.8) is 0 Å². The van der Waals surface area contributed by atoms with E-state index in [2.05, 4.69) is 24.5 Å². The lowest BCUT2D eigenvalue weighted by atomic mass is 10.2. The van der Waals surface area contributed by atoms with Crippen LogP contribution >= 0.6 is 23.8 Å². The van der Waals surface area contributed by atoms with Crippen molar-refractivity contribution in [3.05, 3.63) is 29.3 Å². The predicted molar refractivity (Wildman–Crippen MR) is 95.8 cm³/mol. The first-order chi connectivity index (χ1) is 10.5. The Balaban J connectivity index is 1.72. The molecule has 0 radical (unpaired) electrons. The Labute approximate surface area is 143 Å². The van der Waals surface area contributed by atoms with Crippen molar-refractivity contribution in [1.29, 1.82) is 0 Å². The molecule has 1 heterocycles. The van der Waals surface area contributed by atoms with E-state index in [1.807, 2.05) is 24.3 Å². The molecule has 1 saturated heterocycles. The highest BCUT2D eigenvalue weighted by atomic mass is 35.5. The summed E-state index contributed by atoms with van der Waals surface area (Å²) in [6.45, 7) is 9.43. The lowest BCUT2D eigenvalue weighted by Crippen LogP contribution is -3.15. The van der Waals surface area contributed by atoms with Gasteiger partial charge in [0.2, 0.25) is 0 Å². The number of ether oxygens (including phenoxy) is 1. The number of hydrogen-bond donors (Lipinski definition) is 3. The lowest BCUT2D eigenvalue weighted by Gasteiger charge is -2.31. The van der Waals surface area contributed by atoms with Crippen LogP contribution in [0.3, 0.4) is 0 Å². The summed E-state index contributed by atoms with van der Waals surface area (Å²) < 4.78 is 5.82. The molecular weight excluding hydrogens is 318 g/mol. The van der Waals surface area contributed by atoms with Gasteiger partial charge in [0.1, 0.15) is 19.2 Å². The molecule has 4 nitrogen and oxygen atoms in total. The molecule has 3 N–H and O–H groups in total. The number of benzene rings is 1. The Bertz CT molecular complexity index is 481. The summed E-state index contributed by atoms with van der Waals surface area (Å²) >= 11 is 11.2. The lowest BCUT2D eigenvalue weighted by molar-refractivity contribution is -0.914. The van der Waals surface area contributed by atoms with E-state index in [4.69, 9.17) is 28.6 Å². The molecule has 0 aliphatic carbocycles. The fourth-order valence-electron chi connectivity index (χ4n) is 2.66. The third-order valence-corrected chi connectivity index (χ3v) is 4.11. The Morgan fingerprint density at radius 1 is 1.41 bits per heavy atom. The van der Waals surface area contributed by atoms with Gasteiger partial charge in [0.15, 0.2) is 5.11 Å². The van der Waals surface area contributed by atoms with Crippen molar-refractivity contribution in [2.24, 2.45) is 5.92 Å². The maximum atomic E-state index is 5.87. The van der Waals surface area contributed by atoms with Gasteiger partial charge in [-0.25, -0.2) is 0 Å². The summed E-state index contributed by atoms with van der Waals surface area (Å²) in [5, 5.41) is 7.72. The van der Waals surface area contributed by atoms with Crippen LogP contribution in [0.2, 0.25) is 5.02 Å². The van der Waals surface area contributed by atoms with Crippen LogP contribution in [0.5, 0.6) is 0 Å². The van der Waals surface area contributed by atoms with Crippen LogP contribution in [0.4, 0.5) is 5.69 Å². The normalized spacial score (nSPS) is 21.6. The number of rotatable bonds is 5. The van der Waals surface area contributed by atoms with Crippen molar-refractivity contribution in [1.82, 2.24) is 5.32 Å². The summed E-state index contributed by atoms with van der Waals surface area (Å²) in [7, 11) is 0. The average Bonchev–Trinajstić information content (AvgIpc) is 2.47. The zero-order chi connectivity index (χ0) is 15.9. The van der Waals surface area contributed by atoms with Gasteiger partial charge in [0.05, 0.1) is 13.2 Å². The van der Waals surface area contributed by atoms with Gasteiger partial charge >= 0.3 is 0 Å². The topological polar surface area (TPSA) is 37.7 Å². The summed E-state index contributed by atoms with van der Waals surface area (Å²) in [4.78, 5) is 1.62. The summed E-state index contributed by atoms with van der Waals surface area (Å²) in [6, 6.07) is 7.48. The molecule has 0 amide bonds. The molecule has 6 heteroatoms. The van der Waals surface area contributed by atoms with Crippen molar-refractivity contribution >= 4 is 34.6 Å². The SMILES string of the molecule is CC(C)C[NH+]1CCO[C@H](CNC(=S)Nc2ccc(Cl)cc2)C1. The third-order valence-electron chi connectivity index (χ3n) is 3.61. The average molecular weight is 343 g/mol. The van der Waals surface area contributed by atoms with Crippen molar-refractivity contribution in [2.75, 3.05) is 38.1 Å². The molecule has 1 fully saturated rings. The maximum absolute atomic E-state index is 5.87. The maximum Gasteiger partial charge on any atom is 0.170 e. The van der Waals surface area contributed by atoms with E-state index in [9.17, 15) is 0 Å². The van der Waals surface area contributed by atoms with Crippen LogP contribution in [-0.4, -0.2) is 44.0 Å². The molecule has 2 rings (SSSR count). The first-order valence-electron chi connectivity index (χ1n) is 7.78. The smallest absolute Gasteiger partial charge is 0.170 e. The first kappa shape index (κ1) is 17.5. The van der Waals surface area contributed by atoms with E-state index >= 15 is 0 Å². The third kappa shape index (κ3) is 6.08. The highest BCUT2D eigenvalue weighted by Crippen LogP contribution is 2.13. The molecule has 0 spiro atoms. The van der Waals surface area contributed by atoms with E-state index in [0.717, 1.165) is 31.9 Å². The van der Waals surface area contributed by atoms with Gasteiger partial charge in [-0.2, -0.15) is 0 Å². The molecule has 22 heavy (non-hydrogen) atoms. The fraction of sp³-hybridized carbons (Fsp3) is 0.562. The Kier molecular flexibility index (Phi) is 6.89. The summed E-state index contributed by atoms with van der Waals surface area (Å²) in [5.41, 5.74) is 0.929. The number of anilines is 1. The Hall–Kier alpha value is -0.880. The second-order valence-electron chi connectivity index (χ2n) is 6.14. The number of morpholine rings is 1. The largest absolute Gasteiger partial charge is 0.365 e. The standard InChI is InChI=1S/C16H24ClN3OS/c1-12(2)10-20-7-8-21-15(11-20)9-18-16(22)19-14-5-3-13(17)4-6-14/h3-6,12,15H,7-11H2,1-2H3,(H2,18,19,22)/p+1/t15-/m1/s1. The van der Waals surface area contributed by atoms with Gasteiger partial charge in [-0.05, 0) is 36.5 Å². The molecule has 1 aromatic rings. The Morgan fingerprint density at radius 3 is 2.82 bits per heavy atom. The zero-order valence-electron chi connectivity index (χ0n) is 13.2. The minimum Gasteiger partial charge on any atom is -0.365 e. The predicted octanol–water partition coefficient (Wildman–Crippen LogP) is 1.57. The summed E-state index contributed by atoms with van der Waals surface area (Å²) in [5.74, 6) is 0.717. The zero-order valence-corrected chi connectivity index (χ0v) is 14.8. The molecule has 0 saturated carbocycles. The number of thiocarbonyl (C=S) groups is 1. The molecule has 1 aromatic carbocycles. The number of quaternary nitrogens is 1. The van der Waals surface area contributed by atoms with Crippen LogP contribution in [-0.2, 0) is 4.74 Å². The van der Waals surface area contributed by atoms with Crippen LogP contribution in [0.25, 0.3) is 0 Å². The van der Waals surface area contributed by atoms with E-state index in [1.165, 1.54) is 6.54 Å². The fourth-order valence-corrected chi connectivity index (χ4v) is 2.99. The molecule has 0 aromatic heterocycles. The van der Waals surface area contributed by atoms with E-state index < -0.39 is 0 Å². The van der Waals surface area contributed by atoms with Gasteiger partial charge in [-0.1, -0.05) is 25.4 Å². The molecule has 122 valence electrons. The van der Waals surface area contributed by atoms with Crippen molar-refractivity contribution in [2.45, 2.75) is 20.0 Å². The van der Waals surface area contributed by atoms with Gasteiger partial charge in [0.25, 0.3) is 0 Å². The van der Waals surface area contributed by atoms with E-state index in [-0.39, 0.29) is 6.10 Å². The van der Waals surface area contributed by atoms with Crippen LogP contribution in [0.1, 0.15) is 13.8 Å². The number of hydrogen-bond acceptors (Lipinski definition) is 2. The van der Waals surface area contributed by atoms with Crippen LogP contribution in [0.15, 0.2) is 24.3 Å². The molecule has 1 unspecified atom stereocenters. The first-order valence-corrected chi connectivity index (χ1v) is 8.57. The van der Waals surface area contributed by atoms with Crippen LogP contribution < -0.4 is 15.5 Å². The minimum absolute atomic E-state index is 0.215. The highest BCUT2D eigenvalue weighted by molar-refractivity contribution is 7.80. The second-order valence-corrected chi connectivity index (χ2v) is 6.98.